The van der Waals surface area contributed by atoms with E-state index in [1.807, 2.05) is 19.1 Å². The van der Waals surface area contributed by atoms with Crippen molar-refractivity contribution in [3.05, 3.63) is 29.6 Å². The molecule has 4 N–H and O–H groups in total. The van der Waals surface area contributed by atoms with Gasteiger partial charge in [0, 0.05) is 18.8 Å². The third-order valence-electron chi connectivity index (χ3n) is 2.90. The molecule has 1 aromatic heterocycles. The van der Waals surface area contributed by atoms with Crippen LogP contribution in [-0.2, 0) is 11.3 Å². The molecule has 0 bridgehead atoms. The summed E-state index contributed by atoms with van der Waals surface area (Å²) in [5.41, 5.74) is 7.75. The molecule has 0 radical (unpaired) electrons. The van der Waals surface area contributed by atoms with Gasteiger partial charge in [-0.2, -0.15) is 0 Å². The molecule has 0 spiro atoms. The maximum atomic E-state index is 11.8. The van der Waals surface area contributed by atoms with Gasteiger partial charge < -0.3 is 16.4 Å². The third-order valence-corrected chi connectivity index (χ3v) is 2.90. The van der Waals surface area contributed by atoms with Crippen LogP contribution in [0.4, 0.5) is 0 Å². The number of carbonyl (C=O) groups excluding carboxylic acids is 1. The number of aromatic nitrogens is 1. The van der Waals surface area contributed by atoms with Gasteiger partial charge in [-0.1, -0.05) is 0 Å². The number of nitrogens with zero attached hydrogens (tertiary/aromatic N) is 1. The first kappa shape index (κ1) is 12.0. The lowest BCUT2D eigenvalue weighted by Crippen LogP contribution is -2.40. The molecule has 92 valence electrons. The molecule has 0 aliphatic carbocycles. The largest absolute Gasteiger partial charge is 0.349 e. The van der Waals surface area contributed by atoms with Crippen molar-refractivity contribution in [2.75, 3.05) is 6.54 Å². The van der Waals surface area contributed by atoms with Crippen LogP contribution in [0.3, 0.4) is 0 Å². The van der Waals surface area contributed by atoms with E-state index in [2.05, 4.69) is 15.6 Å². The minimum Gasteiger partial charge on any atom is -0.349 e. The highest BCUT2D eigenvalue weighted by Gasteiger charge is 2.26. The summed E-state index contributed by atoms with van der Waals surface area (Å²) in [6.45, 7) is 3.18. The van der Waals surface area contributed by atoms with Gasteiger partial charge in [0.25, 0.3) is 0 Å². The number of carbonyl (C=O) groups is 1. The number of hydrogen-bond acceptors (Lipinski definition) is 4. The minimum atomic E-state index is -0.158. The Bertz CT molecular complexity index is 407. The molecule has 17 heavy (non-hydrogen) atoms. The van der Waals surface area contributed by atoms with Crippen LogP contribution in [0.1, 0.15) is 17.7 Å². The van der Waals surface area contributed by atoms with Crippen molar-refractivity contribution < 1.29 is 4.79 Å². The van der Waals surface area contributed by atoms with E-state index < -0.39 is 0 Å². The highest BCUT2D eigenvalue weighted by molar-refractivity contribution is 5.82. The maximum Gasteiger partial charge on any atom is 0.237 e. The second-order valence-corrected chi connectivity index (χ2v) is 4.50. The number of aryl methyl sites for hydroxylation is 1. The highest BCUT2D eigenvalue weighted by atomic mass is 16.2. The molecular weight excluding hydrogens is 216 g/mol. The zero-order valence-electron chi connectivity index (χ0n) is 9.94. The Hall–Kier alpha value is -1.46. The molecule has 2 atom stereocenters. The summed E-state index contributed by atoms with van der Waals surface area (Å²) in [5, 5.41) is 5.97. The molecule has 0 saturated carbocycles. The molecule has 1 aromatic rings. The Morgan fingerprint density at radius 2 is 2.53 bits per heavy atom. The predicted molar refractivity (Wildman–Crippen MR) is 65.2 cm³/mol. The van der Waals surface area contributed by atoms with Gasteiger partial charge in [-0.05, 0) is 31.0 Å². The molecule has 1 fully saturated rings. The molecule has 0 unspecified atom stereocenters. The average Bonchev–Trinajstić information content (AvgIpc) is 2.73. The monoisotopic (exact) mass is 234 g/mol. The minimum absolute atomic E-state index is 0.00116. The second kappa shape index (κ2) is 5.25. The summed E-state index contributed by atoms with van der Waals surface area (Å²) in [6.07, 6.45) is 2.45. The van der Waals surface area contributed by atoms with Gasteiger partial charge in [-0.15, -0.1) is 0 Å². The van der Waals surface area contributed by atoms with Gasteiger partial charge in [0.05, 0.1) is 18.3 Å². The van der Waals surface area contributed by atoms with Gasteiger partial charge in [-0.25, -0.2) is 0 Å². The van der Waals surface area contributed by atoms with E-state index in [1.54, 1.807) is 6.20 Å². The van der Waals surface area contributed by atoms with Gasteiger partial charge in [-0.3, -0.25) is 9.78 Å². The van der Waals surface area contributed by atoms with Crippen molar-refractivity contribution in [1.29, 1.82) is 0 Å². The molecule has 2 rings (SSSR count). The Labute approximate surface area is 101 Å². The molecule has 5 nitrogen and oxygen atoms in total. The quantitative estimate of drug-likeness (QED) is 0.670. The smallest absolute Gasteiger partial charge is 0.237 e. The lowest BCUT2D eigenvalue weighted by Gasteiger charge is -2.10. The van der Waals surface area contributed by atoms with E-state index in [-0.39, 0.29) is 18.0 Å². The molecule has 5 heteroatoms. The van der Waals surface area contributed by atoms with Gasteiger partial charge in [0.2, 0.25) is 5.91 Å². The highest BCUT2D eigenvalue weighted by Crippen LogP contribution is 2.05. The molecule has 2 heterocycles. The first-order chi connectivity index (χ1) is 8.15. The number of rotatable bonds is 3. The topological polar surface area (TPSA) is 80.0 Å². The fourth-order valence-electron chi connectivity index (χ4n) is 1.96. The van der Waals surface area contributed by atoms with Crippen LogP contribution in [0.5, 0.6) is 0 Å². The van der Waals surface area contributed by atoms with Crippen LogP contribution in [0.15, 0.2) is 18.3 Å². The fraction of sp³-hybridized carbons (Fsp3) is 0.500. The summed E-state index contributed by atoms with van der Waals surface area (Å²) < 4.78 is 0. The molecule has 1 aliphatic rings. The normalized spacial score (nSPS) is 23.6. The van der Waals surface area contributed by atoms with E-state index in [0.717, 1.165) is 11.3 Å². The summed E-state index contributed by atoms with van der Waals surface area (Å²) in [5.74, 6) is 0.00116. The molecule has 1 saturated heterocycles. The molecular formula is C12H18N4O. The second-order valence-electron chi connectivity index (χ2n) is 4.50. The van der Waals surface area contributed by atoms with Crippen LogP contribution in [0.2, 0.25) is 0 Å². The Morgan fingerprint density at radius 1 is 1.71 bits per heavy atom. The van der Waals surface area contributed by atoms with Gasteiger partial charge in [0.1, 0.15) is 0 Å². The summed E-state index contributed by atoms with van der Waals surface area (Å²) in [4.78, 5) is 16.0. The first-order valence-electron chi connectivity index (χ1n) is 5.83. The zero-order chi connectivity index (χ0) is 12.3. The fourth-order valence-corrected chi connectivity index (χ4v) is 1.96. The number of nitrogens with two attached hydrogens (primary N) is 1. The Balaban J connectivity index is 1.84. The standard InChI is InChI=1S/C12H18N4O/c1-8-2-3-14-10(4-8)7-16-12(17)11-5-9(13)6-15-11/h2-4,9,11,15H,5-7,13H2,1H3,(H,16,17)/t9-,11-/m0/s1. The van der Waals surface area contributed by atoms with Crippen molar-refractivity contribution in [2.24, 2.45) is 5.73 Å². The third kappa shape index (κ3) is 3.25. The zero-order valence-corrected chi connectivity index (χ0v) is 9.94. The first-order valence-corrected chi connectivity index (χ1v) is 5.83. The SMILES string of the molecule is Cc1ccnc(CNC(=O)[C@@H]2C[C@H](N)CN2)c1. The lowest BCUT2D eigenvalue weighted by atomic mass is 10.1. The van der Waals surface area contributed by atoms with Crippen molar-refractivity contribution >= 4 is 5.91 Å². The van der Waals surface area contributed by atoms with Crippen molar-refractivity contribution in [3.8, 4) is 0 Å². The number of pyridine rings is 1. The summed E-state index contributed by atoms with van der Waals surface area (Å²) in [7, 11) is 0. The van der Waals surface area contributed by atoms with Crippen molar-refractivity contribution in [3.63, 3.8) is 0 Å². The van der Waals surface area contributed by atoms with Crippen LogP contribution in [0.25, 0.3) is 0 Å². The van der Waals surface area contributed by atoms with Crippen LogP contribution < -0.4 is 16.4 Å². The number of hydrogen-bond donors (Lipinski definition) is 3. The van der Waals surface area contributed by atoms with E-state index in [9.17, 15) is 4.79 Å². The van der Waals surface area contributed by atoms with Gasteiger partial charge in [0.15, 0.2) is 0 Å². The van der Waals surface area contributed by atoms with Crippen LogP contribution >= 0.6 is 0 Å². The van der Waals surface area contributed by atoms with Crippen molar-refractivity contribution in [2.45, 2.75) is 32.0 Å². The lowest BCUT2D eigenvalue weighted by molar-refractivity contribution is -0.123. The van der Waals surface area contributed by atoms with Gasteiger partial charge >= 0.3 is 0 Å². The molecule has 1 amide bonds. The van der Waals surface area contributed by atoms with E-state index in [0.29, 0.717) is 19.5 Å². The number of nitrogens with one attached hydrogen (secondary N) is 2. The predicted octanol–water partition coefficient (Wildman–Crippen LogP) is -0.305. The van der Waals surface area contributed by atoms with Crippen LogP contribution in [-0.4, -0.2) is 29.5 Å². The Kier molecular flexibility index (Phi) is 3.71. The summed E-state index contributed by atoms with van der Waals surface area (Å²) >= 11 is 0. The van der Waals surface area contributed by atoms with E-state index in [4.69, 9.17) is 5.73 Å². The maximum absolute atomic E-state index is 11.8. The molecule has 0 aromatic carbocycles. The van der Waals surface area contributed by atoms with E-state index >= 15 is 0 Å². The molecule has 1 aliphatic heterocycles. The average molecular weight is 234 g/mol. The number of amides is 1. The van der Waals surface area contributed by atoms with Crippen LogP contribution in [0, 0.1) is 6.92 Å². The Morgan fingerprint density at radius 3 is 3.18 bits per heavy atom. The summed E-state index contributed by atoms with van der Waals surface area (Å²) in [6, 6.07) is 3.83. The van der Waals surface area contributed by atoms with E-state index in [1.165, 1.54) is 0 Å². The van der Waals surface area contributed by atoms with Crippen molar-refractivity contribution in [1.82, 2.24) is 15.6 Å².